The van der Waals surface area contributed by atoms with Crippen LogP contribution in [0.4, 0.5) is 0 Å². The molecule has 0 unspecified atom stereocenters. The number of rotatable bonds is 37. The second-order valence-corrected chi connectivity index (χ2v) is 7.88. The first-order chi connectivity index (χ1) is 19.9. The molecule has 0 saturated carbocycles. The smallest absolute Gasteiger partial charge is 0.111 e. The lowest BCUT2D eigenvalue weighted by Crippen LogP contribution is -2.17. The normalized spacial score (nSPS) is 11.3. The molecule has 0 saturated heterocycles. The van der Waals surface area contributed by atoms with Crippen molar-refractivity contribution in [3.63, 3.8) is 0 Å². The quantitative estimate of drug-likeness (QED) is 0.0807. The minimum Gasteiger partial charge on any atom is -0.499 e. The van der Waals surface area contributed by atoms with E-state index in [9.17, 15) is 0 Å². The second kappa shape index (κ2) is 38.1. The standard InChI is InChI=1S/C27H55NO12/c1-3-29-6-7-31-10-11-33-14-15-35-18-19-37-22-23-39-26-27-40-25-24-38-21-20-36-17-16-34-13-12-32-9-8-30-5-4-28-2/h3,28H,1,4-27H2,2H3. The summed E-state index contributed by atoms with van der Waals surface area (Å²) < 4.78 is 64.6. The average Bonchev–Trinajstić information content (AvgIpc) is 2.97. The Bertz CT molecular complexity index is 465. The van der Waals surface area contributed by atoms with Gasteiger partial charge in [0.25, 0.3) is 0 Å². The number of ether oxygens (including phenoxy) is 12. The van der Waals surface area contributed by atoms with Crippen LogP contribution >= 0.6 is 0 Å². The molecule has 0 rings (SSSR count). The van der Waals surface area contributed by atoms with Crippen molar-refractivity contribution in [1.82, 2.24) is 5.32 Å². The highest BCUT2D eigenvalue weighted by molar-refractivity contribution is 4.47. The minimum absolute atomic E-state index is 0.503. The fourth-order valence-corrected chi connectivity index (χ4v) is 2.67. The Morgan fingerprint density at radius 1 is 0.350 bits per heavy atom. The second-order valence-electron chi connectivity index (χ2n) is 7.88. The highest BCUT2D eigenvalue weighted by Gasteiger charge is 1.96. The third-order valence-corrected chi connectivity index (χ3v) is 4.68. The summed E-state index contributed by atoms with van der Waals surface area (Å²) in [6.07, 6.45) is 1.40. The van der Waals surface area contributed by atoms with E-state index in [2.05, 4.69) is 11.9 Å². The van der Waals surface area contributed by atoms with Crippen LogP contribution in [0.5, 0.6) is 0 Å². The zero-order valence-corrected chi connectivity index (χ0v) is 24.7. The Labute approximate surface area is 240 Å². The Hall–Kier alpha value is -0.940. The van der Waals surface area contributed by atoms with Gasteiger partial charge in [-0.05, 0) is 7.05 Å². The van der Waals surface area contributed by atoms with Crippen molar-refractivity contribution in [3.05, 3.63) is 12.8 Å². The van der Waals surface area contributed by atoms with Crippen LogP contribution in [0, 0.1) is 0 Å². The summed E-state index contributed by atoms with van der Waals surface area (Å²) in [5, 5.41) is 3.02. The maximum atomic E-state index is 5.46. The molecule has 1 N–H and O–H groups in total. The number of hydrogen-bond acceptors (Lipinski definition) is 13. The van der Waals surface area contributed by atoms with E-state index in [-0.39, 0.29) is 0 Å². The first-order valence-corrected chi connectivity index (χ1v) is 14.1. The van der Waals surface area contributed by atoms with Crippen molar-refractivity contribution in [2.45, 2.75) is 0 Å². The van der Waals surface area contributed by atoms with Gasteiger partial charge < -0.3 is 62.2 Å². The van der Waals surface area contributed by atoms with Gasteiger partial charge in [0.2, 0.25) is 0 Å². The molecule has 13 nitrogen and oxygen atoms in total. The molecule has 240 valence electrons. The molecule has 0 radical (unpaired) electrons. The van der Waals surface area contributed by atoms with Crippen LogP contribution in [-0.4, -0.2) is 166 Å². The molecule has 0 bridgehead atoms. The molecule has 0 aromatic carbocycles. The molecule has 40 heavy (non-hydrogen) atoms. The zero-order chi connectivity index (χ0) is 28.9. The van der Waals surface area contributed by atoms with Crippen molar-refractivity contribution in [2.75, 3.05) is 166 Å². The predicted octanol–water partition coefficient (Wildman–Crippen LogP) is 0.549. The van der Waals surface area contributed by atoms with Crippen molar-refractivity contribution < 1.29 is 56.8 Å². The fourth-order valence-electron chi connectivity index (χ4n) is 2.67. The van der Waals surface area contributed by atoms with Gasteiger partial charge in [0, 0.05) is 6.54 Å². The van der Waals surface area contributed by atoms with Gasteiger partial charge in [0.15, 0.2) is 0 Å². The van der Waals surface area contributed by atoms with Crippen LogP contribution < -0.4 is 5.32 Å². The Morgan fingerprint density at radius 3 is 0.750 bits per heavy atom. The van der Waals surface area contributed by atoms with Gasteiger partial charge >= 0.3 is 0 Å². The lowest BCUT2D eigenvalue weighted by atomic mass is 10.6. The van der Waals surface area contributed by atoms with Gasteiger partial charge in [-0.15, -0.1) is 0 Å². The van der Waals surface area contributed by atoms with E-state index in [4.69, 9.17) is 56.8 Å². The first-order valence-electron chi connectivity index (χ1n) is 14.1. The Morgan fingerprint density at radius 2 is 0.550 bits per heavy atom. The van der Waals surface area contributed by atoms with Crippen LogP contribution in [0.1, 0.15) is 0 Å². The summed E-state index contributed by atoms with van der Waals surface area (Å²) in [5.41, 5.74) is 0. The van der Waals surface area contributed by atoms with Crippen LogP contribution in [0.25, 0.3) is 0 Å². The molecule has 0 atom stereocenters. The lowest BCUT2D eigenvalue weighted by molar-refractivity contribution is -0.0278. The van der Waals surface area contributed by atoms with E-state index >= 15 is 0 Å². The summed E-state index contributed by atoms with van der Waals surface area (Å²) in [4.78, 5) is 0. The largest absolute Gasteiger partial charge is 0.499 e. The van der Waals surface area contributed by atoms with Crippen LogP contribution in [0.15, 0.2) is 12.8 Å². The summed E-state index contributed by atoms with van der Waals surface area (Å²) in [7, 11) is 1.89. The monoisotopic (exact) mass is 585 g/mol. The summed E-state index contributed by atoms with van der Waals surface area (Å²) >= 11 is 0. The van der Waals surface area contributed by atoms with E-state index in [0.29, 0.717) is 152 Å². The van der Waals surface area contributed by atoms with Gasteiger partial charge in [-0.25, -0.2) is 0 Å². The van der Waals surface area contributed by atoms with Crippen LogP contribution in [0.3, 0.4) is 0 Å². The maximum Gasteiger partial charge on any atom is 0.111 e. The Kier molecular flexibility index (Phi) is 37.2. The van der Waals surface area contributed by atoms with Crippen molar-refractivity contribution in [1.29, 1.82) is 0 Å². The van der Waals surface area contributed by atoms with E-state index in [1.165, 1.54) is 6.26 Å². The third kappa shape index (κ3) is 37.1. The van der Waals surface area contributed by atoms with E-state index in [0.717, 1.165) is 6.54 Å². The molecule has 0 aromatic heterocycles. The van der Waals surface area contributed by atoms with Crippen molar-refractivity contribution >= 4 is 0 Å². The molecule has 0 heterocycles. The van der Waals surface area contributed by atoms with Crippen LogP contribution in [-0.2, 0) is 56.8 Å². The molecule has 0 fully saturated rings. The van der Waals surface area contributed by atoms with Crippen LogP contribution in [0.2, 0.25) is 0 Å². The predicted molar refractivity (Wildman–Crippen MR) is 149 cm³/mol. The molecule has 0 spiro atoms. The molecular formula is C27H55NO12. The third-order valence-electron chi connectivity index (χ3n) is 4.68. The maximum absolute atomic E-state index is 5.46. The summed E-state index contributed by atoms with van der Waals surface area (Å²) in [5.74, 6) is 0. The van der Waals surface area contributed by atoms with Gasteiger partial charge in [0.05, 0.1) is 152 Å². The molecular weight excluding hydrogens is 530 g/mol. The zero-order valence-electron chi connectivity index (χ0n) is 24.7. The SMILES string of the molecule is C=COCCOCCOCCOCCOCCOCCOCCOCCOCCOCCOCCOCCNC. The highest BCUT2D eigenvalue weighted by atomic mass is 16.6. The highest BCUT2D eigenvalue weighted by Crippen LogP contribution is 1.87. The first kappa shape index (κ1) is 39.1. The van der Waals surface area contributed by atoms with Gasteiger partial charge in [-0.2, -0.15) is 0 Å². The fraction of sp³-hybridized carbons (Fsp3) is 0.926. The minimum atomic E-state index is 0.503. The molecule has 0 amide bonds. The Balaban J connectivity index is 3.02. The molecule has 13 heteroatoms. The average molecular weight is 586 g/mol. The van der Waals surface area contributed by atoms with Gasteiger partial charge in [-0.3, -0.25) is 0 Å². The van der Waals surface area contributed by atoms with E-state index in [1.807, 2.05) is 7.05 Å². The van der Waals surface area contributed by atoms with Crippen molar-refractivity contribution in [2.24, 2.45) is 0 Å². The number of likely N-dealkylation sites (N-methyl/N-ethyl adjacent to an activating group) is 1. The topological polar surface area (TPSA) is 123 Å². The van der Waals surface area contributed by atoms with E-state index in [1.54, 1.807) is 0 Å². The summed E-state index contributed by atoms with van der Waals surface area (Å²) in [6.45, 7) is 16.6. The molecule has 0 aliphatic rings. The molecule has 0 aliphatic heterocycles. The van der Waals surface area contributed by atoms with Gasteiger partial charge in [-0.1, -0.05) is 6.58 Å². The molecule has 0 aliphatic carbocycles. The summed E-state index contributed by atoms with van der Waals surface area (Å²) in [6, 6.07) is 0. The van der Waals surface area contributed by atoms with E-state index < -0.39 is 0 Å². The van der Waals surface area contributed by atoms with Gasteiger partial charge in [0.1, 0.15) is 6.61 Å². The number of hydrogen-bond donors (Lipinski definition) is 1. The number of nitrogens with one attached hydrogen (secondary N) is 1. The van der Waals surface area contributed by atoms with Crippen molar-refractivity contribution in [3.8, 4) is 0 Å². The lowest BCUT2D eigenvalue weighted by Gasteiger charge is -2.09. The molecule has 0 aromatic rings.